The van der Waals surface area contributed by atoms with Crippen molar-refractivity contribution in [2.75, 3.05) is 6.61 Å². The van der Waals surface area contributed by atoms with E-state index >= 15 is 0 Å². The maximum absolute atomic E-state index is 5.63. The van der Waals surface area contributed by atoms with Gasteiger partial charge in [0.25, 0.3) is 0 Å². The molecule has 0 aromatic heterocycles. The van der Waals surface area contributed by atoms with Gasteiger partial charge in [-0.2, -0.15) is 0 Å². The second-order valence-corrected chi connectivity index (χ2v) is 4.43. The molecule has 1 aromatic carbocycles. The largest absolute Gasteiger partial charge is 0.346 e. The van der Waals surface area contributed by atoms with E-state index in [1.165, 1.54) is 5.56 Å². The lowest BCUT2D eigenvalue weighted by Crippen LogP contribution is -2.02. The average molecular weight is 206 g/mol. The Hall–Kier alpha value is -0.860. The van der Waals surface area contributed by atoms with E-state index in [4.69, 9.17) is 9.47 Å². The molecule has 1 aliphatic rings. The summed E-state index contributed by atoms with van der Waals surface area (Å²) < 4.78 is 11.2. The highest BCUT2D eigenvalue weighted by molar-refractivity contribution is 5.25. The summed E-state index contributed by atoms with van der Waals surface area (Å²) in [5.74, 6) is 0.573. The minimum atomic E-state index is -0.166. The van der Waals surface area contributed by atoms with Crippen molar-refractivity contribution in [3.63, 3.8) is 0 Å². The molecule has 1 fully saturated rings. The highest BCUT2D eigenvalue weighted by atomic mass is 16.7. The summed E-state index contributed by atoms with van der Waals surface area (Å²) in [6.45, 7) is 7.11. The van der Waals surface area contributed by atoms with Crippen LogP contribution in [0, 0.1) is 0 Å². The van der Waals surface area contributed by atoms with Crippen LogP contribution in [0.3, 0.4) is 0 Å². The molecule has 0 radical (unpaired) electrons. The maximum Gasteiger partial charge on any atom is 0.184 e. The van der Waals surface area contributed by atoms with Gasteiger partial charge in [0.05, 0.1) is 12.7 Å². The van der Waals surface area contributed by atoms with Gasteiger partial charge in [0.1, 0.15) is 0 Å². The van der Waals surface area contributed by atoms with Crippen molar-refractivity contribution >= 4 is 0 Å². The first kappa shape index (κ1) is 10.7. The van der Waals surface area contributed by atoms with Gasteiger partial charge in [-0.15, -0.1) is 0 Å². The summed E-state index contributed by atoms with van der Waals surface area (Å²) in [5.41, 5.74) is 2.47. The van der Waals surface area contributed by atoms with Gasteiger partial charge in [-0.25, -0.2) is 0 Å². The monoisotopic (exact) mass is 206 g/mol. The molecule has 0 unspecified atom stereocenters. The van der Waals surface area contributed by atoms with Gasteiger partial charge < -0.3 is 9.47 Å². The van der Waals surface area contributed by atoms with Crippen molar-refractivity contribution in [1.82, 2.24) is 0 Å². The molecule has 82 valence electrons. The first-order chi connectivity index (χ1) is 7.16. The molecular formula is C13H18O2. The van der Waals surface area contributed by atoms with Gasteiger partial charge >= 0.3 is 0 Å². The van der Waals surface area contributed by atoms with Gasteiger partial charge in [-0.3, -0.25) is 0 Å². The fourth-order valence-corrected chi connectivity index (χ4v) is 1.73. The van der Waals surface area contributed by atoms with Crippen molar-refractivity contribution in [1.29, 1.82) is 0 Å². The predicted octanol–water partition coefficient (Wildman–Crippen LogP) is 3.24. The normalized spacial score (nSPS) is 26.1. The van der Waals surface area contributed by atoms with Crippen LogP contribution in [0.1, 0.15) is 44.1 Å². The van der Waals surface area contributed by atoms with Crippen LogP contribution in [0.4, 0.5) is 0 Å². The van der Waals surface area contributed by atoms with Crippen LogP contribution >= 0.6 is 0 Å². The Morgan fingerprint density at radius 1 is 1.20 bits per heavy atom. The lowest BCUT2D eigenvalue weighted by Gasteiger charge is -2.11. The molecule has 0 amide bonds. The second kappa shape index (κ2) is 4.33. The van der Waals surface area contributed by atoms with E-state index in [1.807, 2.05) is 6.92 Å². The summed E-state index contributed by atoms with van der Waals surface area (Å²) in [4.78, 5) is 0. The second-order valence-electron chi connectivity index (χ2n) is 4.43. The van der Waals surface area contributed by atoms with Crippen LogP contribution < -0.4 is 0 Å². The molecule has 1 aliphatic heterocycles. The molecule has 1 saturated heterocycles. The molecular weight excluding hydrogens is 188 g/mol. The fourth-order valence-electron chi connectivity index (χ4n) is 1.73. The molecule has 0 aliphatic carbocycles. The van der Waals surface area contributed by atoms with Gasteiger partial charge in [-0.1, -0.05) is 38.1 Å². The highest BCUT2D eigenvalue weighted by Crippen LogP contribution is 2.27. The van der Waals surface area contributed by atoms with Crippen molar-refractivity contribution in [2.24, 2.45) is 0 Å². The number of hydrogen-bond acceptors (Lipinski definition) is 2. The van der Waals surface area contributed by atoms with Crippen molar-refractivity contribution in [2.45, 2.75) is 39.1 Å². The van der Waals surface area contributed by atoms with E-state index in [2.05, 4.69) is 38.1 Å². The molecule has 2 heteroatoms. The van der Waals surface area contributed by atoms with Crippen molar-refractivity contribution < 1.29 is 9.47 Å². The van der Waals surface area contributed by atoms with Crippen LogP contribution in [-0.2, 0) is 9.47 Å². The molecule has 2 nitrogen and oxygen atoms in total. The molecule has 0 N–H and O–H groups in total. The zero-order valence-electron chi connectivity index (χ0n) is 9.57. The third-order valence-corrected chi connectivity index (χ3v) is 2.71. The third kappa shape index (κ3) is 2.39. The molecule has 0 saturated carbocycles. The molecule has 1 heterocycles. The Morgan fingerprint density at radius 2 is 1.87 bits per heavy atom. The van der Waals surface area contributed by atoms with E-state index in [-0.39, 0.29) is 12.4 Å². The highest BCUT2D eigenvalue weighted by Gasteiger charge is 2.23. The summed E-state index contributed by atoms with van der Waals surface area (Å²) in [6, 6.07) is 8.49. The van der Waals surface area contributed by atoms with E-state index in [9.17, 15) is 0 Å². The molecule has 1 aromatic rings. The van der Waals surface area contributed by atoms with E-state index in [1.54, 1.807) is 0 Å². The number of hydrogen-bond donors (Lipinski definition) is 0. The zero-order chi connectivity index (χ0) is 10.8. The van der Waals surface area contributed by atoms with E-state index in [0.29, 0.717) is 12.5 Å². The number of rotatable bonds is 2. The van der Waals surface area contributed by atoms with Gasteiger partial charge in [0, 0.05) is 5.56 Å². The van der Waals surface area contributed by atoms with Crippen LogP contribution in [0.25, 0.3) is 0 Å². The Bertz CT molecular complexity index is 316. The number of benzene rings is 1. The Morgan fingerprint density at radius 3 is 2.33 bits per heavy atom. The average Bonchev–Trinajstić information content (AvgIpc) is 2.65. The maximum atomic E-state index is 5.63. The van der Waals surface area contributed by atoms with Crippen LogP contribution in [0.2, 0.25) is 0 Å². The molecule has 0 bridgehead atoms. The minimum Gasteiger partial charge on any atom is -0.346 e. The molecule has 0 spiro atoms. The lowest BCUT2D eigenvalue weighted by molar-refractivity contribution is -0.0572. The van der Waals surface area contributed by atoms with Gasteiger partial charge in [-0.05, 0) is 18.4 Å². The Balaban J connectivity index is 2.10. The Kier molecular flexibility index (Phi) is 3.08. The van der Waals surface area contributed by atoms with E-state index in [0.717, 1.165) is 5.56 Å². The van der Waals surface area contributed by atoms with Crippen molar-refractivity contribution in [3.8, 4) is 0 Å². The zero-order valence-corrected chi connectivity index (χ0v) is 9.57. The summed E-state index contributed by atoms with van der Waals surface area (Å²) in [7, 11) is 0. The predicted molar refractivity (Wildman–Crippen MR) is 59.8 cm³/mol. The lowest BCUT2D eigenvalue weighted by atomic mass is 10.0. The Labute approximate surface area is 91.2 Å². The quantitative estimate of drug-likeness (QED) is 0.739. The van der Waals surface area contributed by atoms with Gasteiger partial charge in [0.15, 0.2) is 6.29 Å². The third-order valence-electron chi connectivity index (χ3n) is 2.71. The molecule has 2 rings (SSSR count). The van der Waals surface area contributed by atoms with Crippen LogP contribution in [0.5, 0.6) is 0 Å². The fraction of sp³-hybridized carbons (Fsp3) is 0.538. The molecule has 15 heavy (non-hydrogen) atoms. The van der Waals surface area contributed by atoms with Crippen LogP contribution in [0.15, 0.2) is 24.3 Å². The van der Waals surface area contributed by atoms with Crippen LogP contribution in [-0.4, -0.2) is 12.7 Å². The van der Waals surface area contributed by atoms with Crippen molar-refractivity contribution in [3.05, 3.63) is 35.4 Å². The first-order valence-corrected chi connectivity index (χ1v) is 5.53. The topological polar surface area (TPSA) is 18.5 Å². The summed E-state index contributed by atoms with van der Waals surface area (Å²) >= 11 is 0. The number of ether oxygens (including phenoxy) is 2. The SMILES string of the molecule is CC(C)c1ccc([C@H]2OC[C@H](C)O2)cc1. The summed E-state index contributed by atoms with van der Waals surface area (Å²) in [5, 5.41) is 0. The minimum absolute atomic E-state index is 0.166. The smallest absolute Gasteiger partial charge is 0.184 e. The summed E-state index contributed by atoms with van der Waals surface area (Å²) in [6.07, 6.45) is 0.0426. The van der Waals surface area contributed by atoms with Gasteiger partial charge in [0.2, 0.25) is 0 Å². The molecule has 2 atom stereocenters. The standard InChI is InChI=1S/C13H18O2/c1-9(2)11-4-6-12(7-5-11)13-14-8-10(3)15-13/h4-7,9-10,13H,8H2,1-3H3/t10-,13-/m0/s1. The first-order valence-electron chi connectivity index (χ1n) is 5.53. The van der Waals surface area contributed by atoms with E-state index < -0.39 is 0 Å².